The molecule has 154 valence electrons. The first-order valence-corrected chi connectivity index (χ1v) is 10.1. The zero-order chi connectivity index (χ0) is 21.1. The Morgan fingerprint density at radius 1 is 1.21 bits per heavy atom. The van der Waals surface area contributed by atoms with Gasteiger partial charge in [-0.05, 0) is 36.1 Å². The summed E-state index contributed by atoms with van der Waals surface area (Å²) in [4.78, 5) is 15.4. The molecule has 1 aliphatic rings. The molecule has 1 saturated heterocycles. The number of rotatable bonds is 4. The third kappa shape index (κ3) is 4.61. The van der Waals surface area contributed by atoms with Gasteiger partial charge in [0.2, 0.25) is 0 Å². The Morgan fingerprint density at radius 3 is 2.59 bits per heavy atom. The smallest absolute Gasteiger partial charge is 0.319 e. The van der Waals surface area contributed by atoms with Crippen LogP contribution in [0.5, 0.6) is 0 Å². The van der Waals surface area contributed by atoms with Crippen LogP contribution in [0.3, 0.4) is 0 Å². The van der Waals surface area contributed by atoms with Gasteiger partial charge in [-0.2, -0.15) is 12.8 Å². The molecule has 0 spiro atoms. The van der Waals surface area contributed by atoms with Gasteiger partial charge in [0.15, 0.2) is 0 Å². The number of carbonyl (C=O) groups excluding carboxylic acids is 1. The highest BCUT2D eigenvalue weighted by atomic mass is 32.2. The molecule has 0 bridgehead atoms. The molecule has 1 fully saturated rings. The van der Waals surface area contributed by atoms with Gasteiger partial charge in [0.1, 0.15) is 11.6 Å². The van der Waals surface area contributed by atoms with E-state index in [9.17, 15) is 17.6 Å². The summed E-state index contributed by atoms with van der Waals surface area (Å²) >= 11 is 0. The van der Waals surface area contributed by atoms with Gasteiger partial charge in [-0.1, -0.05) is 30.3 Å². The number of likely N-dealkylation sites (tertiary alicyclic amines) is 1. The van der Waals surface area contributed by atoms with Crippen molar-refractivity contribution < 1.29 is 22.0 Å². The lowest BCUT2D eigenvalue weighted by molar-refractivity contribution is 0.163. The highest BCUT2D eigenvalue weighted by Gasteiger charge is 2.38. The van der Waals surface area contributed by atoms with Crippen molar-refractivity contribution in [2.24, 2.45) is 4.36 Å². The molecule has 2 aromatic rings. The van der Waals surface area contributed by atoms with Crippen LogP contribution in [0, 0.1) is 11.6 Å². The molecule has 0 radical (unpaired) electrons. The number of nitrogens with zero attached hydrogens (tertiary/aromatic N) is 3. The summed E-state index contributed by atoms with van der Waals surface area (Å²) < 4.78 is 54.7. The summed E-state index contributed by atoms with van der Waals surface area (Å²) in [5.74, 6) is -0.994. The van der Waals surface area contributed by atoms with Gasteiger partial charge in [-0.15, -0.1) is 0 Å². The minimum absolute atomic E-state index is 0.0972. The highest BCUT2D eigenvalue weighted by Crippen LogP contribution is 2.30. The van der Waals surface area contributed by atoms with E-state index in [2.05, 4.69) is 4.36 Å². The van der Waals surface area contributed by atoms with Crippen molar-refractivity contribution in [1.29, 1.82) is 0 Å². The molecule has 2 atom stereocenters. The van der Waals surface area contributed by atoms with E-state index in [4.69, 9.17) is 0 Å². The minimum atomic E-state index is -2.63. The van der Waals surface area contributed by atoms with Crippen molar-refractivity contribution in [3.05, 3.63) is 59.7 Å². The van der Waals surface area contributed by atoms with Crippen LogP contribution in [-0.4, -0.2) is 57.0 Å². The zero-order valence-corrected chi connectivity index (χ0v) is 16.9. The fraction of sp³-hybridized carbons (Fsp3) is 0.350. The molecule has 0 aromatic heterocycles. The molecule has 3 rings (SSSR count). The van der Waals surface area contributed by atoms with Gasteiger partial charge in [0, 0.05) is 26.2 Å². The van der Waals surface area contributed by atoms with Crippen LogP contribution in [0.15, 0.2) is 46.8 Å². The maximum atomic E-state index is 15.2. The molecule has 9 heteroatoms. The van der Waals surface area contributed by atoms with Crippen LogP contribution in [0.4, 0.5) is 13.6 Å². The summed E-state index contributed by atoms with van der Waals surface area (Å²) in [6, 6.07) is 8.91. The Balaban J connectivity index is 1.98. The molecule has 1 aliphatic heterocycles. The van der Waals surface area contributed by atoms with Gasteiger partial charge < -0.3 is 9.80 Å². The third-order valence-electron chi connectivity index (χ3n) is 5.00. The number of hydrogen-bond acceptors (Lipinski definition) is 4. The number of carbonyl (C=O) groups is 1. The van der Waals surface area contributed by atoms with Gasteiger partial charge in [0.05, 0.1) is 12.1 Å². The van der Waals surface area contributed by atoms with E-state index in [0.717, 1.165) is 0 Å². The molecular weight excluding hydrogens is 400 g/mol. The van der Waals surface area contributed by atoms with E-state index in [0.29, 0.717) is 24.1 Å². The quantitative estimate of drug-likeness (QED) is 0.760. The maximum Gasteiger partial charge on any atom is 0.319 e. The van der Waals surface area contributed by atoms with Crippen LogP contribution in [0.2, 0.25) is 0 Å². The molecule has 6 nitrogen and oxygen atoms in total. The molecule has 29 heavy (non-hydrogen) atoms. The largest absolute Gasteiger partial charge is 0.331 e. The molecule has 0 aliphatic carbocycles. The lowest BCUT2D eigenvalue weighted by Crippen LogP contribution is -2.45. The second kappa shape index (κ2) is 8.69. The van der Waals surface area contributed by atoms with Crippen LogP contribution >= 0.6 is 0 Å². The van der Waals surface area contributed by atoms with Crippen LogP contribution in [0.25, 0.3) is 11.1 Å². The van der Waals surface area contributed by atoms with Crippen molar-refractivity contribution >= 4 is 16.5 Å². The third-order valence-corrected chi connectivity index (χ3v) is 5.45. The van der Waals surface area contributed by atoms with Gasteiger partial charge in [-0.25, -0.2) is 13.6 Å². The Morgan fingerprint density at radius 2 is 1.93 bits per heavy atom. The van der Waals surface area contributed by atoms with E-state index >= 15 is 4.39 Å². The van der Waals surface area contributed by atoms with E-state index in [1.54, 1.807) is 38.4 Å². The summed E-state index contributed by atoms with van der Waals surface area (Å²) in [5.41, 5.74) is 0.956. The Labute approximate surface area is 169 Å². The standard InChI is InChI=1S/C20H21F2N3O3S/c1-24(2)20(26)25-10-9-17(23-29(27)28)18(25)12-14-6-4-8-16(19(14)22)13-5-3-7-15(21)11-13/h3-8,11,17-18H,9-10,12H2,1-2H3/t17-,18-/m0/s1. The van der Waals surface area contributed by atoms with Gasteiger partial charge in [0.25, 0.3) is 0 Å². The maximum absolute atomic E-state index is 15.2. The van der Waals surface area contributed by atoms with Crippen molar-refractivity contribution in [1.82, 2.24) is 9.80 Å². The zero-order valence-electron chi connectivity index (χ0n) is 16.0. The first-order chi connectivity index (χ1) is 13.8. The molecule has 2 amide bonds. The molecule has 0 N–H and O–H groups in total. The SMILES string of the molecule is CN(C)C(=O)N1CC[C@H](N=S(=O)=O)[C@@H]1Cc1cccc(-c2cccc(F)c2)c1F. The van der Waals surface area contributed by atoms with Gasteiger partial charge in [-0.3, -0.25) is 0 Å². The highest BCUT2D eigenvalue weighted by molar-refractivity contribution is 7.61. The normalized spacial score (nSPS) is 18.6. The molecule has 0 unspecified atom stereocenters. The minimum Gasteiger partial charge on any atom is -0.331 e. The monoisotopic (exact) mass is 421 g/mol. The van der Waals surface area contributed by atoms with Crippen molar-refractivity contribution in [2.75, 3.05) is 20.6 Å². The molecule has 2 aromatic carbocycles. The summed E-state index contributed by atoms with van der Waals surface area (Å²) in [6.07, 6.45) is 0.476. The van der Waals surface area contributed by atoms with Crippen molar-refractivity contribution in [3.8, 4) is 11.1 Å². The summed E-state index contributed by atoms with van der Waals surface area (Å²) in [7, 11) is 0.569. The van der Waals surface area contributed by atoms with Gasteiger partial charge >= 0.3 is 16.5 Å². The predicted molar refractivity (Wildman–Crippen MR) is 105 cm³/mol. The van der Waals surface area contributed by atoms with E-state index < -0.39 is 34.2 Å². The summed E-state index contributed by atoms with van der Waals surface area (Å²) in [5, 5.41) is 0. The van der Waals surface area contributed by atoms with Crippen LogP contribution < -0.4 is 0 Å². The lowest BCUT2D eigenvalue weighted by atomic mass is 9.96. The topological polar surface area (TPSA) is 70.1 Å². The Kier molecular flexibility index (Phi) is 6.26. The lowest BCUT2D eigenvalue weighted by Gasteiger charge is -2.29. The average molecular weight is 421 g/mol. The van der Waals surface area contributed by atoms with Crippen LogP contribution in [0.1, 0.15) is 12.0 Å². The Hall–Kier alpha value is -2.81. The fourth-order valence-corrected chi connectivity index (χ4v) is 4.12. The second-order valence-electron chi connectivity index (χ2n) is 7.11. The second-order valence-corrected chi connectivity index (χ2v) is 7.75. The first-order valence-electron chi connectivity index (χ1n) is 9.09. The molecule has 0 saturated carbocycles. The number of benzene rings is 2. The van der Waals surface area contributed by atoms with Crippen molar-refractivity contribution in [2.45, 2.75) is 24.9 Å². The first kappa shape index (κ1) is 20.9. The summed E-state index contributed by atoms with van der Waals surface area (Å²) in [6.45, 7) is 0.332. The number of amides is 2. The number of hydrogen-bond donors (Lipinski definition) is 0. The van der Waals surface area contributed by atoms with E-state index in [1.807, 2.05) is 0 Å². The fourth-order valence-electron chi connectivity index (χ4n) is 3.65. The van der Waals surface area contributed by atoms with Crippen molar-refractivity contribution in [3.63, 3.8) is 0 Å². The average Bonchev–Trinajstić information content (AvgIpc) is 3.04. The number of halogens is 2. The number of urea groups is 1. The van der Waals surface area contributed by atoms with E-state index in [-0.39, 0.29) is 18.0 Å². The molecular formula is C20H21F2N3O3S. The van der Waals surface area contributed by atoms with Crippen LogP contribution in [-0.2, 0) is 16.9 Å². The van der Waals surface area contributed by atoms with E-state index in [1.165, 1.54) is 28.0 Å². The molecule has 1 heterocycles. The Bertz CT molecular complexity index is 1050. The predicted octanol–water partition coefficient (Wildman–Crippen LogP) is 3.36.